The number of Topliss-reactive ketones (excluding diaryl/α,β-unsaturated/α-hetero) is 1. The predicted octanol–water partition coefficient (Wildman–Crippen LogP) is 4.28. The third kappa shape index (κ3) is 3.63. The highest BCUT2D eigenvalue weighted by molar-refractivity contribution is 8.00. The molecule has 23 heavy (non-hydrogen) atoms. The first-order chi connectivity index (χ1) is 11.1. The van der Waals surface area contributed by atoms with Crippen LogP contribution in [-0.2, 0) is 0 Å². The van der Waals surface area contributed by atoms with Crippen LogP contribution in [-0.4, -0.2) is 25.8 Å². The van der Waals surface area contributed by atoms with E-state index in [-0.39, 0.29) is 11.0 Å². The molecule has 1 heterocycles. The lowest BCUT2D eigenvalue weighted by Crippen LogP contribution is -2.14. The van der Waals surface area contributed by atoms with Gasteiger partial charge in [-0.05, 0) is 43.3 Å². The van der Waals surface area contributed by atoms with Crippen LogP contribution in [0.2, 0.25) is 5.02 Å². The van der Waals surface area contributed by atoms with E-state index in [1.54, 1.807) is 30.6 Å². The van der Waals surface area contributed by atoms with E-state index in [1.165, 1.54) is 11.8 Å². The molecule has 1 aromatic heterocycles. The molecule has 0 fully saturated rings. The van der Waals surface area contributed by atoms with Crippen molar-refractivity contribution < 1.29 is 4.79 Å². The number of carbonyl (C=O) groups excluding carboxylic acids is 1. The molecule has 4 nitrogen and oxygen atoms in total. The largest absolute Gasteiger partial charge is 0.293 e. The van der Waals surface area contributed by atoms with Crippen molar-refractivity contribution in [1.29, 1.82) is 0 Å². The number of nitrogens with zero attached hydrogens (tertiary/aromatic N) is 3. The molecule has 0 saturated carbocycles. The average Bonchev–Trinajstić information content (AvgIpc) is 3.04. The zero-order valence-corrected chi connectivity index (χ0v) is 14.0. The van der Waals surface area contributed by atoms with E-state index >= 15 is 0 Å². The standard InChI is InChI=1S/C17H14ClN3OS/c1-12(16(22)13-7-9-14(18)10-8-13)23-17-20-19-11-21(17)15-5-3-2-4-6-15/h2-12H,1H3/t12-/m0/s1. The molecule has 0 spiro atoms. The summed E-state index contributed by atoms with van der Waals surface area (Å²) in [7, 11) is 0. The molecule has 0 saturated heterocycles. The smallest absolute Gasteiger partial charge is 0.196 e. The Kier molecular flexibility index (Phi) is 4.79. The number of thioether (sulfide) groups is 1. The summed E-state index contributed by atoms with van der Waals surface area (Å²) in [6.07, 6.45) is 1.65. The van der Waals surface area contributed by atoms with Crippen LogP contribution in [0.4, 0.5) is 0 Å². The topological polar surface area (TPSA) is 47.8 Å². The number of rotatable bonds is 5. The fraction of sp³-hybridized carbons (Fsp3) is 0.118. The van der Waals surface area contributed by atoms with Crippen LogP contribution >= 0.6 is 23.4 Å². The van der Waals surface area contributed by atoms with Crippen molar-refractivity contribution in [2.45, 2.75) is 17.3 Å². The van der Waals surface area contributed by atoms with E-state index in [0.717, 1.165) is 5.69 Å². The Morgan fingerprint density at radius 1 is 1.13 bits per heavy atom. The van der Waals surface area contributed by atoms with Gasteiger partial charge in [-0.3, -0.25) is 9.36 Å². The van der Waals surface area contributed by atoms with Crippen molar-refractivity contribution in [3.63, 3.8) is 0 Å². The van der Waals surface area contributed by atoms with Gasteiger partial charge in [0, 0.05) is 16.3 Å². The monoisotopic (exact) mass is 343 g/mol. The van der Waals surface area contributed by atoms with Gasteiger partial charge in [0.1, 0.15) is 6.33 Å². The fourth-order valence-electron chi connectivity index (χ4n) is 2.13. The second-order valence-electron chi connectivity index (χ2n) is 4.95. The molecular weight excluding hydrogens is 330 g/mol. The van der Waals surface area contributed by atoms with E-state index in [1.807, 2.05) is 41.8 Å². The van der Waals surface area contributed by atoms with Crippen molar-refractivity contribution in [3.05, 3.63) is 71.5 Å². The number of halogens is 1. The quantitative estimate of drug-likeness (QED) is 0.512. The highest BCUT2D eigenvalue weighted by Gasteiger charge is 2.19. The van der Waals surface area contributed by atoms with Gasteiger partial charge < -0.3 is 0 Å². The maximum Gasteiger partial charge on any atom is 0.196 e. The number of aromatic nitrogens is 3. The highest BCUT2D eigenvalue weighted by atomic mass is 35.5. The summed E-state index contributed by atoms with van der Waals surface area (Å²) in [5.41, 5.74) is 1.60. The summed E-state index contributed by atoms with van der Waals surface area (Å²) in [5.74, 6) is 0.0364. The maximum absolute atomic E-state index is 12.5. The molecule has 116 valence electrons. The molecule has 0 bridgehead atoms. The molecule has 3 aromatic rings. The third-order valence-electron chi connectivity index (χ3n) is 3.33. The minimum Gasteiger partial charge on any atom is -0.293 e. The Balaban J connectivity index is 1.79. The van der Waals surface area contributed by atoms with Gasteiger partial charge in [-0.15, -0.1) is 10.2 Å². The minimum atomic E-state index is -0.275. The van der Waals surface area contributed by atoms with Crippen molar-refractivity contribution in [2.75, 3.05) is 0 Å². The van der Waals surface area contributed by atoms with Gasteiger partial charge in [0.25, 0.3) is 0 Å². The third-order valence-corrected chi connectivity index (χ3v) is 4.64. The molecule has 2 aromatic carbocycles. The molecule has 0 unspecified atom stereocenters. The summed E-state index contributed by atoms with van der Waals surface area (Å²) >= 11 is 7.25. The molecule has 6 heteroatoms. The molecule has 0 aliphatic rings. The van der Waals surface area contributed by atoms with Gasteiger partial charge in [-0.1, -0.05) is 41.6 Å². The van der Waals surface area contributed by atoms with Crippen molar-refractivity contribution >= 4 is 29.1 Å². The second kappa shape index (κ2) is 6.98. The second-order valence-corrected chi connectivity index (χ2v) is 6.69. The van der Waals surface area contributed by atoms with Crippen LogP contribution in [0.1, 0.15) is 17.3 Å². The Labute approximate surface area is 143 Å². The highest BCUT2D eigenvalue weighted by Crippen LogP contribution is 2.26. The van der Waals surface area contributed by atoms with Crippen LogP contribution in [0.3, 0.4) is 0 Å². The summed E-state index contributed by atoms with van der Waals surface area (Å²) in [5, 5.41) is 9.11. The molecule has 0 N–H and O–H groups in total. The first kappa shape index (κ1) is 15.8. The molecular formula is C17H14ClN3OS. The Morgan fingerprint density at radius 2 is 1.83 bits per heavy atom. The van der Waals surface area contributed by atoms with E-state index in [0.29, 0.717) is 15.7 Å². The zero-order valence-electron chi connectivity index (χ0n) is 12.4. The molecule has 3 rings (SSSR count). The van der Waals surface area contributed by atoms with E-state index in [2.05, 4.69) is 10.2 Å². The summed E-state index contributed by atoms with van der Waals surface area (Å²) in [4.78, 5) is 12.5. The first-order valence-corrected chi connectivity index (χ1v) is 8.33. The van der Waals surface area contributed by atoms with E-state index in [4.69, 9.17) is 11.6 Å². The van der Waals surface area contributed by atoms with Crippen LogP contribution in [0.15, 0.2) is 66.1 Å². The van der Waals surface area contributed by atoms with Gasteiger partial charge in [-0.25, -0.2) is 0 Å². The predicted molar refractivity (Wildman–Crippen MR) is 92.5 cm³/mol. The number of carbonyl (C=O) groups is 1. The Hall–Kier alpha value is -2.11. The fourth-order valence-corrected chi connectivity index (χ4v) is 3.18. The Bertz CT molecular complexity index is 802. The van der Waals surface area contributed by atoms with Crippen LogP contribution in [0, 0.1) is 0 Å². The number of para-hydroxylation sites is 1. The number of hydrogen-bond donors (Lipinski definition) is 0. The summed E-state index contributed by atoms with van der Waals surface area (Å²) in [6, 6.07) is 16.7. The number of benzene rings is 2. The van der Waals surface area contributed by atoms with Gasteiger partial charge >= 0.3 is 0 Å². The van der Waals surface area contributed by atoms with Gasteiger partial charge in [0.15, 0.2) is 10.9 Å². The van der Waals surface area contributed by atoms with Gasteiger partial charge in [-0.2, -0.15) is 0 Å². The summed E-state index contributed by atoms with van der Waals surface area (Å²) < 4.78 is 1.87. The van der Waals surface area contributed by atoms with Crippen LogP contribution < -0.4 is 0 Å². The normalized spacial score (nSPS) is 12.1. The number of hydrogen-bond acceptors (Lipinski definition) is 4. The SMILES string of the molecule is C[C@H](Sc1nncn1-c1ccccc1)C(=O)c1ccc(Cl)cc1. The summed E-state index contributed by atoms with van der Waals surface area (Å²) in [6.45, 7) is 1.87. The lowest BCUT2D eigenvalue weighted by Gasteiger charge is -2.11. The molecule has 0 amide bonds. The molecule has 1 atom stereocenters. The first-order valence-electron chi connectivity index (χ1n) is 7.07. The van der Waals surface area contributed by atoms with Crippen molar-refractivity contribution in [3.8, 4) is 5.69 Å². The van der Waals surface area contributed by atoms with E-state index < -0.39 is 0 Å². The van der Waals surface area contributed by atoms with Gasteiger partial charge in [0.2, 0.25) is 0 Å². The van der Waals surface area contributed by atoms with Gasteiger partial charge in [0.05, 0.1) is 5.25 Å². The molecule has 0 aliphatic heterocycles. The van der Waals surface area contributed by atoms with Crippen LogP contribution in [0.25, 0.3) is 5.69 Å². The lowest BCUT2D eigenvalue weighted by molar-refractivity contribution is 0.0994. The number of ketones is 1. The lowest BCUT2D eigenvalue weighted by atomic mass is 10.1. The van der Waals surface area contributed by atoms with Crippen LogP contribution in [0.5, 0.6) is 0 Å². The van der Waals surface area contributed by atoms with Crippen molar-refractivity contribution in [1.82, 2.24) is 14.8 Å². The zero-order chi connectivity index (χ0) is 16.2. The molecule has 0 radical (unpaired) electrons. The van der Waals surface area contributed by atoms with Crippen molar-refractivity contribution in [2.24, 2.45) is 0 Å². The maximum atomic E-state index is 12.5. The van der Waals surface area contributed by atoms with E-state index in [9.17, 15) is 4.79 Å². The molecule has 0 aliphatic carbocycles. The average molecular weight is 344 g/mol. The minimum absolute atomic E-state index is 0.0364. The Morgan fingerprint density at radius 3 is 2.52 bits per heavy atom.